The largest absolute Gasteiger partial charge is 0.484 e. The highest BCUT2D eigenvalue weighted by atomic mass is 35.5. The molecule has 1 rings (SSSR count). The zero-order valence-electron chi connectivity index (χ0n) is 9.03. The Morgan fingerprint density at radius 2 is 2.00 bits per heavy atom. The van der Waals surface area contributed by atoms with Crippen molar-refractivity contribution in [1.29, 1.82) is 0 Å². The summed E-state index contributed by atoms with van der Waals surface area (Å²) >= 11 is 5.59. The molecule has 0 spiro atoms. The second-order valence-electron chi connectivity index (χ2n) is 3.08. The first-order valence-corrected chi connectivity index (χ1v) is 5.27. The van der Waals surface area contributed by atoms with Crippen LogP contribution in [0.2, 0.25) is 0 Å². The minimum atomic E-state index is -0.305. The summed E-state index contributed by atoms with van der Waals surface area (Å²) in [6.45, 7) is 5.42. The Labute approximate surface area is 99.6 Å². The van der Waals surface area contributed by atoms with E-state index in [-0.39, 0.29) is 12.6 Å². The maximum absolute atomic E-state index is 11.2. The van der Waals surface area contributed by atoms with Gasteiger partial charge in [-0.15, -0.1) is 0 Å². The molecule has 0 atom stereocenters. The number of hydrogen-bond acceptors (Lipinski definition) is 3. The standard InChI is InChI=1S/C12H13ClO3/c1-3-12(14)16-11-7-5-4-6-10(11)15-8-9(2)13/h4-7H,2-3,8H2,1H3. The van der Waals surface area contributed by atoms with E-state index in [9.17, 15) is 4.79 Å². The van der Waals surface area contributed by atoms with Crippen molar-refractivity contribution >= 4 is 17.6 Å². The minimum absolute atomic E-state index is 0.183. The zero-order valence-corrected chi connectivity index (χ0v) is 9.79. The molecule has 3 nitrogen and oxygen atoms in total. The van der Waals surface area contributed by atoms with Gasteiger partial charge in [0, 0.05) is 11.5 Å². The molecule has 0 saturated carbocycles. The van der Waals surface area contributed by atoms with Gasteiger partial charge in [0.15, 0.2) is 11.5 Å². The highest BCUT2D eigenvalue weighted by molar-refractivity contribution is 6.29. The third-order valence-electron chi connectivity index (χ3n) is 1.75. The van der Waals surface area contributed by atoms with E-state index in [0.717, 1.165) is 0 Å². The average Bonchev–Trinajstić information content (AvgIpc) is 2.27. The van der Waals surface area contributed by atoms with Crippen LogP contribution in [0.4, 0.5) is 0 Å². The van der Waals surface area contributed by atoms with Crippen LogP contribution in [0, 0.1) is 0 Å². The molecule has 4 heteroatoms. The fourth-order valence-corrected chi connectivity index (χ4v) is 1.06. The molecule has 0 aliphatic rings. The van der Waals surface area contributed by atoms with Gasteiger partial charge >= 0.3 is 5.97 Å². The summed E-state index contributed by atoms with van der Waals surface area (Å²) in [5.41, 5.74) is 0. The summed E-state index contributed by atoms with van der Waals surface area (Å²) in [6.07, 6.45) is 0.316. The number of para-hydroxylation sites is 2. The van der Waals surface area contributed by atoms with Gasteiger partial charge in [-0.1, -0.05) is 37.2 Å². The fourth-order valence-electron chi connectivity index (χ4n) is 1.00. The first-order valence-electron chi connectivity index (χ1n) is 4.89. The number of ether oxygens (including phenoxy) is 2. The van der Waals surface area contributed by atoms with Crippen molar-refractivity contribution in [1.82, 2.24) is 0 Å². The Kier molecular flexibility index (Phi) is 4.86. The van der Waals surface area contributed by atoms with Crippen LogP contribution in [0.3, 0.4) is 0 Å². The van der Waals surface area contributed by atoms with Crippen LogP contribution >= 0.6 is 11.6 Å². The first kappa shape index (κ1) is 12.6. The van der Waals surface area contributed by atoms with E-state index < -0.39 is 0 Å². The SMILES string of the molecule is C=C(Cl)COc1ccccc1OC(=O)CC. The van der Waals surface area contributed by atoms with Crippen LogP contribution in [0.15, 0.2) is 35.9 Å². The Morgan fingerprint density at radius 1 is 1.38 bits per heavy atom. The van der Waals surface area contributed by atoms with E-state index in [1.54, 1.807) is 31.2 Å². The quantitative estimate of drug-likeness (QED) is 0.586. The summed E-state index contributed by atoms with van der Waals surface area (Å²) in [6, 6.07) is 6.92. The highest BCUT2D eigenvalue weighted by Gasteiger charge is 2.08. The molecule has 1 aromatic rings. The van der Waals surface area contributed by atoms with E-state index >= 15 is 0 Å². The highest BCUT2D eigenvalue weighted by Crippen LogP contribution is 2.27. The second-order valence-corrected chi connectivity index (χ2v) is 3.61. The van der Waals surface area contributed by atoms with Crippen LogP contribution in [0.5, 0.6) is 11.5 Å². The first-order chi connectivity index (χ1) is 7.63. The molecule has 0 fully saturated rings. The summed E-state index contributed by atoms with van der Waals surface area (Å²) in [7, 11) is 0. The number of hydrogen-bond donors (Lipinski definition) is 0. The third-order valence-corrected chi connectivity index (χ3v) is 1.86. The molecule has 86 valence electrons. The molecule has 0 heterocycles. The fraction of sp³-hybridized carbons (Fsp3) is 0.250. The smallest absolute Gasteiger partial charge is 0.311 e. The molecule has 0 aliphatic heterocycles. The Morgan fingerprint density at radius 3 is 2.56 bits per heavy atom. The lowest BCUT2D eigenvalue weighted by Crippen LogP contribution is -2.07. The Hall–Kier alpha value is -1.48. The maximum Gasteiger partial charge on any atom is 0.311 e. The normalized spacial score (nSPS) is 9.62. The molecule has 0 saturated heterocycles. The third kappa shape index (κ3) is 3.95. The minimum Gasteiger partial charge on any atom is -0.484 e. The van der Waals surface area contributed by atoms with Crippen molar-refractivity contribution in [2.24, 2.45) is 0 Å². The topological polar surface area (TPSA) is 35.5 Å². The molecule has 0 aliphatic carbocycles. The van der Waals surface area contributed by atoms with Crippen molar-refractivity contribution in [3.05, 3.63) is 35.9 Å². The van der Waals surface area contributed by atoms with Crippen molar-refractivity contribution in [3.63, 3.8) is 0 Å². The number of carbonyl (C=O) groups excluding carboxylic acids is 1. The van der Waals surface area contributed by atoms with Crippen molar-refractivity contribution in [3.8, 4) is 11.5 Å². The number of halogens is 1. The molecule has 0 radical (unpaired) electrons. The summed E-state index contributed by atoms with van der Waals surface area (Å²) in [4.78, 5) is 11.2. The average molecular weight is 241 g/mol. The summed E-state index contributed by atoms with van der Waals surface area (Å²) in [5.74, 6) is 0.569. The summed E-state index contributed by atoms with van der Waals surface area (Å²) < 4.78 is 10.4. The van der Waals surface area contributed by atoms with E-state index in [0.29, 0.717) is 23.0 Å². The maximum atomic E-state index is 11.2. The number of benzene rings is 1. The van der Waals surface area contributed by atoms with Crippen LogP contribution in [0.1, 0.15) is 13.3 Å². The van der Waals surface area contributed by atoms with Gasteiger partial charge in [0.1, 0.15) is 6.61 Å². The van der Waals surface area contributed by atoms with Gasteiger partial charge in [0.2, 0.25) is 0 Å². The molecule has 0 aromatic heterocycles. The summed E-state index contributed by atoms with van der Waals surface area (Å²) in [5, 5.41) is 0.386. The molecule has 0 unspecified atom stereocenters. The van der Waals surface area contributed by atoms with Gasteiger partial charge in [0.25, 0.3) is 0 Å². The molecule has 0 bridgehead atoms. The molecule has 0 amide bonds. The Bertz CT molecular complexity index is 388. The van der Waals surface area contributed by atoms with Crippen molar-refractivity contribution in [2.75, 3.05) is 6.61 Å². The van der Waals surface area contributed by atoms with E-state index in [2.05, 4.69) is 6.58 Å². The van der Waals surface area contributed by atoms with Crippen molar-refractivity contribution in [2.45, 2.75) is 13.3 Å². The van der Waals surface area contributed by atoms with E-state index in [4.69, 9.17) is 21.1 Å². The number of carbonyl (C=O) groups is 1. The molecule has 0 N–H and O–H groups in total. The second kappa shape index (κ2) is 6.18. The molecular formula is C12H13ClO3. The number of rotatable bonds is 5. The van der Waals surface area contributed by atoms with Gasteiger partial charge < -0.3 is 9.47 Å². The molecule has 16 heavy (non-hydrogen) atoms. The zero-order chi connectivity index (χ0) is 12.0. The van der Waals surface area contributed by atoms with E-state index in [1.165, 1.54) is 0 Å². The number of esters is 1. The van der Waals surface area contributed by atoms with Crippen LogP contribution in [-0.4, -0.2) is 12.6 Å². The molecule has 1 aromatic carbocycles. The Balaban J connectivity index is 2.74. The lowest BCUT2D eigenvalue weighted by molar-refractivity contribution is -0.134. The lowest BCUT2D eigenvalue weighted by atomic mass is 10.3. The van der Waals surface area contributed by atoms with E-state index in [1.807, 2.05) is 0 Å². The van der Waals surface area contributed by atoms with Gasteiger partial charge in [-0.25, -0.2) is 0 Å². The predicted octanol–water partition coefficient (Wildman–Crippen LogP) is 3.13. The van der Waals surface area contributed by atoms with Crippen LogP contribution < -0.4 is 9.47 Å². The van der Waals surface area contributed by atoms with Crippen LogP contribution in [0.25, 0.3) is 0 Å². The van der Waals surface area contributed by atoms with Gasteiger partial charge in [0.05, 0.1) is 0 Å². The molecular weight excluding hydrogens is 228 g/mol. The van der Waals surface area contributed by atoms with Gasteiger partial charge in [-0.2, -0.15) is 0 Å². The monoisotopic (exact) mass is 240 g/mol. The van der Waals surface area contributed by atoms with Gasteiger partial charge in [-0.05, 0) is 12.1 Å². The lowest BCUT2D eigenvalue weighted by Gasteiger charge is -2.10. The predicted molar refractivity (Wildman–Crippen MR) is 62.9 cm³/mol. The van der Waals surface area contributed by atoms with Crippen molar-refractivity contribution < 1.29 is 14.3 Å². The van der Waals surface area contributed by atoms with Crippen LogP contribution in [-0.2, 0) is 4.79 Å². The van der Waals surface area contributed by atoms with Gasteiger partial charge in [-0.3, -0.25) is 4.79 Å².